The van der Waals surface area contributed by atoms with Gasteiger partial charge in [-0.05, 0) is 30.3 Å². The molecule has 0 aliphatic carbocycles. The van der Waals surface area contributed by atoms with Crippen molar-refractivity contribution in [3.8, 4) is 5.75 Å². The van der Waals surface area contributed by atoms with Gasteiger partial charge in [-0.3, -0.25) is 0 Å². The maximum atomic E-state index is 13.2. The average Bonchev–Trinajstić information content (AvgIpc) is 2.59. The highest BCUT2D eigenvalue weighted by molar-refractivity contribution is 6.31. The highest BCUT2D eigenvalue weighted by Crippen LogP contribution is 2.23. The Hall–Kier alpha value is -2.93. The summed E-state index contributed by atoms with van der Waals surface area (Å²) in [6.45, 7) is 0. The summed E-state index contributed by atoms with van der Waals surface area (Å²) in [5.41, 5.74) is 1.35. The molecule has 3 aromatic rings. The maximum Gasteiger partial charge on any atom is 0.249 e. The molecular weight excluding hydrogens is 333 g/mol. The second kappa shape index (κ2) is 7.10. The molecule has 0 unspecified atom stereocenters. The Kier molecular flexibility index (Phi) is 4.72. The molecule has 0 bridgehead atoms. The lowest BCUT2D eigenvalue weighted by Crippen LogP contribution is -2.02. The summed E-state index contributed by atoms with van der Waals surface area (Å²) in [4.78, 5) is 4.30. The van der Waals surface area contributed by atoms with Crippen LogP contribution in [0.4, 0.5) is 27.5 Å². The minimum atomic E-state index is -0.483. The Labute approximate surface area is 142 Å². The zero-order valence-electron chi connectivity index (χ0n) is 12.6. The number of ether oxygens (including phenoxy) is 1. The van der Waals surface area contributed by atoms with Crippen LogP contribution in [-0.4, -0.2) is 22.3 Å². The van der Waals surface area contributed by atoms with Crippen LogP contribution in [0.2, 0.25) is 5.02 Å². The highest BCUT2D eigenvalue weighted by Gasteiger charge is 2.05. The molecule has 1 aromatic heterocycles. The van der Waals surface area contributed by atoms with E-state index in [0.29, 0.717) is 23.2 Å². The molecule has 0 fully saturated rings. The fraction of sp³-hybridized carbons (Fsp3) is 0.0625. The quantitative estimate of drug-likeness (QED) is 0.723. The van der Waals surface area contributed by atoms with E-state index < -0.39 is 5.82 Å². The number of benzene rings is 2. The van der Waals surface area contributed by atoms with Crippen molar-refractivity contribution < 1.29 is 9.13 Å². The van der Waals surface area contributed by atoms with Crippen LogP contribution in [-0.2, 0) is 0 Å². The third-order valence-electron chi connectivity index (χ3n) is 3.08. The van der Waals surface area contributed by atoms with Gasteiger partial charge < -0.3 is 15.4 Å². The van der Waals surface area contributed by atoms with Crippen molar-refractivity contribution in [2.75, 3.05) is 17.7 Å². The Balaban J connectivity index is 1.77. The Morgan fingerprint density at radius 2 is 1.92 bits per heavy atom. The first-order valence-corrected chi connectivity index (χ1v) is 7.35. The van der Waals surface area contributed by atoms with Crippen molar-refractivity contribution in [1.29, 1.82) is 0 Å². The van der Waals surface area contributed by atoms with Gasteiger partial charge in [-0.2, -0.15) is 10.1 Å². The van der Waals surface area contributed by atoms with Crippen LogP contribution in [0.25, 0.3) is 0 Å². The van der Waals surface area contributed by atoms with Crippen LogP contribution in [0.3, 0.4) is 0 Å². The molecule has 6 nitrogen and oxygen atoms in total. The number of hydrogen-bond acceptors (Lipinski definition) is 6. The molecule has 0 atom stereocenters. The molecule has 0 aliphatic heterocycles. The lowest BCUT2D eigenvalue weighted by atomic mass is 10.3. The zero-order valence-corrected chi connectivity index (χ0v) is 13.4. The summed E-state index contributed by atoms with van der Waals surface area (Å²) in [7, 11) is 1.59. The van der Waals surface area contributed by atoms with Gasteiger partial charge >= 0.3 is 0 Å². The van der Waals surface area contributed by atoms with Crippen LogP contribution >= 0.6 is 11.6 Å². The number of methoxy groups -OCH3 is 1. The molecule has 0 saturated heterocycles. The van der Waals surface area contributed by atoms with Crippen LogP contribution in [0.5, 0.6) is 5.75 Å². The van der Waals surface area contributed by atoms with E-state index in [2.05, 4.69) is 25.8 Å². The van der Waals surface area contributed by atoms with Crippen LogP contribution in [0, 0.1) is 5.82 Å². The molecule has 122 valence electrons. The van der Waals surface area contributed by atoms with Gasteiger partial charge in [0.2, 0.25) is 5.95 Å². The van der Waals surface area contributed by atoms with Gasteiger partial charge in [-0.25, -0.2) is 4.39 Å². The number of anilines is 4. The van der Waals surface area contributed by atoms with E-state index in [0.717, 1.165) is 5.69 Å². The molecule has 2 aromatic carbocycles. The number of nitrogens with zero attached hydrogens (tertiary/aromatic N) is 3. The number of nitrogens with one attached hydrogen (secondary N) is 2. The van der Waals surface area contributed by atoms with E-state index in [1.54, 1.807) is 13.2 Å². The van der Waals surface area contributed by atoms with Gasteiger partial charge in [-0.15, -0.1) is 5.10 Å². The predicted octanol–water partition coefficient (Wildman–Crippen LogP) is 4.16. The van der Waals surface area contributed by atoms with Crippen molar-refractivity contribution in [1.82, 2.24) is 15.2 Å². The second-order valence-corrected chi connectivity index (χ2v) is 5.18. The first-order valence-electron chi connectivity index (χ1n) is 6.97. The van der Waals surface area contributed by atoms with Gasteiger partial charge in [0.25, 0.3) is 0 Å². The molecular formula is C16H13ClFN5O. The van der Waals surface area contributed by atoms with Crippen molar-refractivity contribution in [3.63, 3.8) is 0 Å². The minimum Gasteiger partial charge on any atom is -0.497 e. The molecule has 24 heavy (non-hydrogen) atoms. The molecule has 1 heterocycles. The standard InChI is InChI=1S/C16H13ClFN5O/c1-24-12-4-2-3-10(7-12)21-16-22-15(9-19-23-16)20-11-5-6-14(18)13(17)8-11/h2-9H,1H3,(H2,20,21,22,23). The third-order valence-corrected chi connectivity index (χ3v) is 3.37. The average molecular weight is 346 g/mol. The summed E-state index contributed by atoms with van der Waals surface area (Å²) in [5, 5.41) is 13.9. The summed E-state index contributed by atoms with van der Waals surface area (Å²) < 4.78 is 18.4. The van der Waals surface area contributed by atoms with E-state index in [4.69, 9.17) is 16.3 Å². The molecule has 0 spiro atoms. The van der Waals surface area contributed by atoms with Crippen LogP contribution in [0.1, 0.15) is 0 Å². The van der Waals surface area contributed by atoms with Crippen molar-refractivity contribution in [2.45, 2.75) is 0 Å². The third kappa shape index (κ3) is 3.88. The zero-order chi connectivity index (χ0) is 16.9. The topological polar surface area (TPSA) is 72.0 Å². The van der Waals surface area contributed by atoms with Crippen LogP contribution in [0.15, 0.2) is 48.7 Å². The molecule has 0 amide bonds. The predicted molar refractivity (Wildman–Crippen MR) is 90.8 cm³/mol. The van der Waals surface area contributed by atoms with E-state index in [9.17, 15) is 4.39 Å². The number of aromatic nitrogens is 3. The van der Waals surface area contributed by atoms with Crippen molar-refractivity contribution in [3.05, 3.63) is 59.5 Å². The molecule has 2 N–H and O–H groups in total. The fourth-order valence-corrected chi connectivity index (χ4v) is 2.15. The lowest BCUT2D eigenvalue weighted by molar-refractivity contribution is 0.415. The summed E-state index contributed by atoms with van der Waals surface area (Å²) >= 11 is 5.76. The van der Waals surface area contributed by atoms with E-state index in [1.165, 1.54) is 18.3 Å². The van der Waals surface area contributed by atoms with Gasteiger partial charge in [0, 0.05) is 17.4 Å². The monoisotopic (exact) mass is 345 g/mol. The van der Waals surface area contributed by atoms with Gasteiger partial charge in [0.05, 0.1) is 18.3 Å². The highest BCUT2D eigenvalue weighted by atomic mass is 35.5. The van der Waals surface area contributed by atoms with Crippen molar-refractivity contribution in [2.24, 2.45) is 0 Å². The minimum absolute atomic E-state index is 0.0248. The summed E-state index contributed by atoms with van der Waals surface area (Å²) in [6.07, 6.45) is 1.45. The Bertz CT molecular complexity index is 861. The van der Waals surface area contributed by atoms with Gasteiger partial charge in [0.1, 0.15) is 11.6 Å². The SMILES string of the molecule is COc1cccc(Nc2nncc(Nc3ccc(F)c(Cl)c3)n2)c1. The number of rotatable bonds is 5. The van der Waals surface area contributed by atoms with Crippen molar-refractivity contribution >= 4 is 34.7 Å². The van der Waals surface area contributed by atoms with Crippen LogP contribution < -0.4 is 15.4 Å². The number of halogens is 2. The normalized spacial score (nSPS) is 10.3. The Morgan fingerprint density at radius 1 is 1.08 bits per heavy atom. The molecule has 3 rings (SSSR count). The number of hydrogen-bond donors (Lipinski definition) is 2. The first kappa shape index (κ1) is 15.9. The largest absolute Gasteiger partial charge is 0.497 e. The molecule has 0 aliphatic rings. The molecule has 0 saturated carbocycles. The smallest absolute Gasteiger partial charge is 0.249 e. The molecule has 8 heteroatoms. The fourth-order valence-electron chi connectivity index (χ4n) is 1.97. The second-order valence-electron chi connectivity index (χ2n) is 4.78. The lowest BCUT2D eigenvalue weighted by Gasteiger charge is -2.09. The molecule has 0 radical (unpaired) electrons. The van der Waals surface area contributed by atoms with E-state index in [-0.39, 0.29) is 5.02 Å². The van der Waals surface area contributed by atoms with E-state index >= 15 is 0 Å². The summed E-state index contributed by atoms with van der Waals surface area (Å²) in [6, 6.07) is 11.6. The first-order chi connectivity index (χ1) is 11.6. The van der Waals surface area contributed by atoms with E-state index in [1.807, 2.05) is 24.3 Å². The van der Waals surface area contributed by atoms with Gasteiger partial charge in [-0.1, -0.05) is 17.7 Å². The summed E-state index contributed by atoms with van der Waals surface area (Å²) in [5.74, 6) is 0.978. The Morgan fingerprint density at radius 3 is 2.71 bits per heavy atom. The van der Waals surface area contributed by atoms with Gasteiger partial charge in [0.15, 0.2) is 5.82 Å². The maximum absolute atomic E-state index is 13.2.